The molecule has 3 rings (SSSR count). The summed E-state index contributed by atoms with van der Waals surface area (Å²) in [5, 5.41) is 4.48. The van der Waals surface area contributed by atoms with Gasteiger partial charge in [0, 0.05) is 18.3 Å². The molecular weight excluding hydrogens is 222 g/mol. The number of hydrogen-bond acceptors (Lipinski definition) is 2. The van der Waals surface area contributed by atoms with E-state index in [4.69, 9.17) is 5.73 Å². The Kier molecular flexibility index (Phi) is 2.92. The van der Waals surface area contributed by atoms with Gasteiger partial charge in [-0.25, -0.2) is 0 Å². The molecule has 0 radical (unpaired) electrons. The number of hydrogen-bond donors (Lipinski definition) is 1. The minimum Gasteiger partial charge on any atom is -0.330 e. The molecule has 1 aromatic carbocycles. The standard InChI is InChI=1S/C15H19N3/c16-9-8-15(6-7-15)12-18-11-14(10-17-18)13-4-2-1-3-5-13/h1-5,10-11H,6-9,12,16H2. The molecule has 2 N–H and O–H groups in total. The van der Waals surface area contributed by atoms with Gasteiger partial charge < -0.3 is 5.73 Å². The largest absolute Gasteiger partial charge is 0.330 e. The van der Waals surface area contributed by atoms with Gasteiger partial charge in [-0.1, -0.05) is 30.3 Å². The summed E-state index contributed by atoms with van der Waals surface area (Å²) in [6.07, 6.45) is 7.81. The van der Waals surface area contributed by atoms with Crippen LogP contribution in [0.5, 0.6) is 0 Å². The maximum absolute atomic E-state index is 5.67. The van der Waals surface area contributed by atoms with Crippen molar-refractivity contribution in [3.05, 3.63) is 42.7 Å². The summed E-state index contributed by atoms with van der Waals surface area (Å²) in [4.78, 5) is 0. The first-order valence-electron chi connectivity index (χ1n) is 6.59. The van der Waals surface area contributed by atoms with E-state index in [-0.39, 0.29) is 0 Å². The predicted octanol–water partition coefficient (Wildman–Crippen LogP) is 2.68. The number of rotatable bonds is 5. The Bertz CT molecular complexity index is 512. The fraction of sp³-hybridized carbons (Fsp3) is 0.400. The molecule has 0 unspecified atom stereocenters. The molecule has 0 spiro atoms. The number of nitrogens with two attached hydrogens (primary N) is 1. The van der Waals surface area contributed by atoms with Crippen LogP contribution in [0.15, 0.2) is 42.7 Å². The monoisotopic (exact) mass is 241 g/mol. The molecule has 1 fully saturated rings. The molecule has 1 aromatic heterocycles. The van der Waals surface area contributed by atoms with E-state index in [1.165, 1.54) is 24.0 Å². The van der Waals surface area contributed by atoms with E-state index in [1.807, 2.05) is 12.3 Å². The topological polar surface area (TPSA) is 43.8 Å². The number of aromatic nitrogens is 2. The lowest BCUT2D eigenvalue weighted by atomic mass is 10.0. The van der Waals surface area contributed by atoms with Crippen molar-refractivity contribution in [2.45, 2.75) is 25.8 Å². The van der Waals surface area contributed by atoms with Crippen LogP contribution >= 0.6 is 0 Å². The smallest absolute Gasteiger partial charge is 0.0568 e. The molecule has 3 heteroatoms. The fourth-order valence-electron chi connectivity index (χ4n) is 2.54. The normalized spacial score (nSPS) is 16.7. The van der Waals surface area contributed by atoms with Crippen molar-refractivity contribution >= 4 is 0 Å². The molecule has 0 bridgehead atoms. The van der Waals surface area contributed by atoms with Gasteiger partial charge in [-0.15, -0.1) is 0 Å². The highest BCUT2D eigenvalue weighted by molar-refractivity contribution is 5.61. The van der Waals surface area contributed by atoms with E-state index in [0.29, 0.717) is 5.41 Å². The molecule has 0 atom stereocenters. The third-order valence-electron chi connectivity index (χ3n) is 3.87. The molecule has 0 amide bonds. The zero-order valence-corrected chi connectivity index (χ0v) is 10.5. The average molecular weight is 241 g/mol. The highest BCUT2D eigenvalue weighted by Crippen LogP contribution is 2.49. The van der Waals surface area contributed by atoms with E-state index < -0.39 is 0 Å². The first-order valence-corrected chi connectivity index (χ1v) is 6.59. The quantitative estimate of drug-likeness (QED) is 0.874. The maximum Gasteiger partial charge on any atom is 0.0568 e. The summed E-state index contributed by atoms with van der Waals surface area (Å²) in [5.41, 5.74) is 8.54. The second-order valence-electron chi connectivity index (χ2n) is 5.33. The van der Waals surface area contributed by atoms with Crippen LogP contribution in [0.2, 0.25) is 0 Å². The third-order valence-corrected chi connectivity index (χ3v) is 3.87. The summed E-state index contributed by atoms with van der Waals surface area (Å²) >= 11 is 0. The second kappa shape index (κ2) is 4.58. The lowest BCUT2D eigenvalue weighted by molar-refractivity contribution is 0.376. The van der Waals surface area contributed by atoms with E-state index in [0.717, 1.165) is 19.5 Å². The van der Waals surface area contributed by atoms with E-state index in [9.17, 15) is 0 Å². The Morgan fingerprint density at radius 1 is 1.17 bits per heavy atom. The van der Waals surface area contributed by atoms with Crippen LogP contribution < -0.4 is 5.73 Å². The van der Waals surface area contributed by atoms with Gasteiger partial charge in [-0.3, -0.25) is 4.68 Å². The zero-order valence-electron chi connectivity index (χ0n) is 10.5. The van der Waals surface area contributed by atoms with Crippen molar-refractivity contribution in [1.29, 1.82) is 0 Å². The van der Waals surface area contributed by atoms with Crippen molar-refractivity contribution in [2.75, 3.05) is 6.54 Å². The maximum atomic E-state index is 5.67. The highest BCUT2D eigenvalue weighted by atomic mass is 15.3. The average Bonchev–Trinajstić information content (AvgIpc) is 2.99. The predicted molar refractivity (Wildman–Crippen MR) is 73.0 cm³/mol. The van der Waals surface area contributed by atoms with Gasteiger partial charge in [-0.2, -0.15) is 5.10 Å². The summed E-state index contributed by atoms with van der Waals surface area (Å²) in [5.74, 6) is 0. The van der Waals surface area contributed by atoms with Crippen LogP contribution in [-0.2, 0) is 6.54 Å². The lowest BCUT2D eigenvalue weighted by Crippen LogP contribution is -2.16. The molecule has 94 valence electrons. The Hall–Kier alpha value is -1.61. The van der Waals surface area contributed by atoms with Crippen LogP contribution in [0.3, 0.4) is 0 Å². The van der Waals surface area contributed by atoms with Gasteiger partial charge in [0.05, 0.1) is 6.20 Å². The second-order valence-corrected chi connectivity index (χ2v) is 5.33. The van der Waals surface area contributed by atoms with Gasteiger partial charge in [0.25, 0.3) is 0 Å². The molecule has 0 aliphatic heterocycles. The molecule has 1 aliphatic rings. The number of benzene rings is 1. The van der Waals surface area contributed by atoms with Crippen molar-refractivity contribution in [3.8, 4) is 11.1 Å². The minimum absolute atomic E-state index is 0.439. The van der Waals surface area contributed by atoms with Crippen molar-refractivity contribution < 1.29 is 0 Å². The first-order chi connectivity index (χ1) is 8.81. The molecule has 1 aliphatic carbocycles. The van der Waals surface area contributed by atoms with Crippen LogP contribution in [0.1, 0.15) is 19.3 Å². The SMILES string of the molecule is NCCC1(Cn2cc(-c3ccccc3)cn2)CC1. The highest BCUT2D eigenvalue weighted by Gasteiger charge is 2.42. The number of nitrogens with zero attached hydrogens (tertiary/aromatic N) is 2. The molecule has 1 heterocycles. The van der Waals surface area contributed by atoms with E-state index in [1.54, 1.807) is 0 Å². The fourth-order valence-corrected chi connectivity index (χ4v) is 2.54. The van der Waals surface area contributed by atoms with Crippen LogP contribution in [0, 0.1) is 5.41 Å². The molecule has 0 saturated heterocycles. The van der Waals surface area contributed by atoms with Gasteiger partial charge in [-0.05, 0) is 36.8 Å². The third kappa shape index (κ3) is 2.31. The molecule has 1 saturated carbocycles. The molecule has 3 nitrogen and oxygen atoms in total. The van der Waals surface area contributed by atoms with Crippen LogP contribution in [0.4, 0.5) is 0 Å². The van der Waals surface area contributed by atoms with E-state index in [2.05, 4.69) is 40.2 Å². The van der Waals surface area contributed by atoms with Gasteiger partial charge in [0.1, 0.15) is 0 Å². The Morgan fingerprint density at radius 3 is 2.61 bits per heavy atom. The van der Waals surface area contributed by atoms with Crippen LogP contribution in [-0.4, -0.2) is 16.3 Å². The summed E-state index contributed by atoms with van der Waals surface area (Å²) in [6.45, 7) is 1.80. The van der Waals surface area contributed by atoms with Crippen molar-refractivity contribution in [3.63, 3.8) is 0 Å². The van der Waals surface area contributed by atoms with Gasteiger partial charge in [0.2, 0.25) is 0 Å². The van der Waals surface area contributed by atoms with Crippen LogP contribution in [0.25, 0.3) is 11.1 Å². The zero-order chi connectivity index (χ0) is 12.4. The minimum atomic E-state index is 0.439. The van der Waals surface area contributed by atoms with Crippen molar-refractivity contribution in [1.82, 2.24) is 9.78 Å². The Morgan fingerprint density at radius 2 is 1.94 bits per heavy atom. The summed E-state index contributed by atoms with van der Waals surface area (Å²) < 4.78 is 2.07. The molecule has 2 aromatic rings. The lowest BCUT2D eigenvalue weighted by Gasteiger charge is -2.13. The first kappa shape index (κ1) is 11.5. The molecule has 18 heavy (non-hydrogen) atoms. The molecular formula is C15H19N3. The Labute approximate surface area is 108 Å². The van der Waals surface area contributed by atoms with Crippen molar-refractivity contribution in [2.24, 2.45) is 11.1 Å². The summed E-state index contributed by atoms with van der Waals surface area (Å²) in [6, 6.07) is 10.4. The van der Waals surface area contributed by atoms with E-state index >= 15 is 0 Å². The van der Waals surface area contributed by atoms with Gasteiger partial charge in [0.15, 0.2) is 0 Å². The summed E-state index contributed by atoms with van der Waals surface area (Å²) in [7, 11) is 0. The Balaban J connectivity index is 1.74. The van der Waals surface area contributed by atoms with Gasteiger partial charge >= 0.3 is 0 Å².